The number of nitrogens with zero attached hydrogens (tertiary/aromatic N) is 3. The second-order valence-electron chi connectivity index (χ2n) is 31.1. The van der Waals surface area contributed by atoms with Gasteiger partial charge in [0.05, 0.1) is 103 Å². The SMILES string of the molecule is c1cc(C(c2ccc(OCC3CO3)cc2)c2ccc(OCC3CO3)cc2)ccc1OCC1CC1.c1cc(N(CC2CC2)CC2CO2)ccc1Cc1ccc(N(CC2CO2)CC2CO2)cc1.c1cc(N(CC2CO2)CC2CO2)ccc1OCC1CO1.c1cc(OCC2CC2)ccc1Cc1ccc(OCC2CO2)cc1. The van der Waals surface area contributed by atoms with Crippen molar-refractivity contribution < 1.29 is 71.1 Å². The van der Waals surface area contributed by atoms with Crippen molar-refractivity contribution in [2.45, 2.75) is 112 Å². The molecule has 0 radical (unpaired) electrons. The molecule has 3 saturated carbocycles. The number of hydrogen-bond acceptors (Lipinski definition) is 18. The van der Waals surface area contributed by atoms with Gasteiger partial charge in [0.15, 0.2) is 0 Å². The molecule has 18 heteroatoms. The van der Waals surface area contributed by atoms with E-state index in [2.05, 4.69) is 160 Å². The number of epoxide rings is 9. The summed E-state index contributed by atoms with van der Waals surface area (Å²) in [5.74, 6) is 7.98. The lowest BCUT2D eigenvalue weighted by molar-refractivity contribution is 0.263. The zero-order valence-corrected chi connectivity index (χ0v) is 62.0. The Balaban J connectivity index is 0.000000108. The van der Waals surface area contributed by atoms with Gasteiger partial charge in [-0.3, -0.25) is 0 Å². The van der Waals surface area contributed by atoms with Crippen molar-refractivity contribution in [2.24, 2.45) is 17.8 Å². The molecule has 8 aromatic carbocycles. The van der Waals surface area contributed by atoms with Gasteiger partial charge in [0, 0.05) is 62.2 Å². The van der Waals surface area contributed by atoms with Crippen LogP contribution in [0, 0.1) is 17.8 Å². The quantitative estimate of drug-likeness (QED) is 0.0261. The van der Waals surface area contributed by atoms with Crippen molar-refractivity contribution in [1.82, 2.24) is 0 Å². The smallest absolute Gasteiger partial charge is 0.119 e. The summed E-state index contributed by atoms with van der Waals surface area (Å²) in [5.41, 5.74) is 12.7. The summed E-state index contributed by atoms with van der Waals surface area (Å²) in [6.45, 7) is 18.0. The average molecular weight is 1470 g/mol. The average Bonchev–Trinajstić information content (AvgIpc) is 1.60. The van der Waals surface area contributed by atoms with E-state index in [1.165, 1.54) is 101 Å². The number of benzene rings is 8. The Bertz CT molecular complexity index is 3740. The third kappa shape index (κ3) is 24.3. The molecule has 0 amide bonds. The second kappa shape index (κ2) is 35.1. The Labute approximate surface area is 635 Å². The summed E-state index contributed by atoms with van der Waals surface area (Å²) < 4.78 is 82.5. The highest BCUT2D eigenvalue weighted by molar-refractivity contribution is 5.53. The van der Waals surface area contributed by atoms with Gasteiger partial charge in [-0.05, 0) is 217 Å². The Morgan fingerprint density at radius 3 is 0.676 bits per heavy atom. The molecule has 9 aliphatic heterocycles. The van der Waals surface area contributed by atoms with Crippen LogP contribution in [-0.4, -0.2) is 193 Å². The normalized spacial score (nSPS) is 23.9. The van der Waals surface area contributed by atoms with Crippen molar-refractivity contribution in [2.75, 3.05) is 153 Å². The summed E-state index contributed by atoms with van der Waals surface area (Å²) in [5, 5.41) is 0. The van der Waals surface area contributed by atoms with Gasteiger partial charge in [-0.2, -0.15) is 0 Å². The Hall–Kier alpha value is -8.40. The fourth-order valence-corrected chi connectivity index (χ4v) is 13.1. The van der Waals surface area contributed by atoms with Gasteiger partial charge < -0.3 is 85.8 Å². The number of ether oxygens (including phenoxy) is 15. The lowest BCUT2D eigenvalue weighted by Gasteiger charge is -2.24. The Kier molecular flexibility index (Phi) is 23.5. The van der Waals surface area contributed by atoms with Crippen LogP contribution in [0.15, 0.2) is 194 Å². The molecule has 0 N–H and O–H groups in total. The third-order valence-electron chi connectivity index (χ3n) is 21.1. The first-order valence-corrected chi connectivity index (χ1v) is 39.6. The second-order valence-corrected chi connectivity index (χ2v) is 31.1. The van der Waals surface area contributed by atoms with Gasteiger partial charge in [0.2, 0.25) is 0 Å². The summed E-state index contributed by atoms with van der Waals surface area (Å²) in [4.78, 5) is 7.27. The van der Waals surface area contributed by atoms with Gasteiger partial charge in [-0.15, -0.1) is 0 Å². The molecule has 20 rings (SSSR count). The summed E-state index contributed by atoms with van der Waals surface area (Å²) in [6, 6.07) is 68.5. The van der Waals surface area contributed by atoms with Gasteiger partial charge >= 0.3 is 0 Å². The number of anilines is 3. The fourth-order valence-electron chi connectivity index (χ4n) is 13.1. The highest BCUT2D eigenvalue weighted by atomic mass is 16.6. The molecule has 0 bridgehead atoms. The van der Waals surface area contributed by atoms with Crippen LogP contribution in [0.1, 0.15) is 83.4 Å². The molecule has 9 heterocycles. The number of hydrogen-bond donors (Lipinski definition) is 0. The molecule has 9 atom stereocenters. The minimum atomic E-state index is 0.0964. The van der Waals surface area contributed by atoms with E-state index in [0.717, 1.165) is 170 Å². The molecular weight excluding hydrogens is 1360 g/mol. The maximum absolute atomic E-state index is 5.96. The molecule has 12 aliphatic rings. The van der Waals surface area contributed by atoms with E-state index in [1.807, 2.05) is 48.5 Å². The standard InChI is InChI=1S/C29H30O5.C26H32N2O3.C20H22O3.C15H19NO4/c1-2-20(1)15-30-24-9-3-21(4-10-24)29(22-5-11-25(12-6-22)31-16-27-18-33-27)23-7-13-26(14-8-23)32-17-28-19-34-28;1-2-21(1)12-27(13-24-16-29-24)22-7-3-19(4-8-22)11-20-5-9-23(10-6-20)28(14-25-17-30-25)15-26-18-31-26;1-2-17(1)12-21-18-7-3-15(4-8-18)11-16-5-9-19(10-6-16)22-13-20-14-23-20;1-3-12(17-9-15-10-20-15)4-2-11(1)16(5-13-7-18-13)6-14-8-19-14/h3-14,20,27-29H,1-2,15-19H2;3-10,21,24-26H,1-2,11-18H2;3-10,17,20H,1-2,11-14H2;1-4,13-15H,5-10H2. The van der Waals surface area contributed by atoms with Crippen LogP contribution in [0.3, 0.4) is 0 Å². The molecule has 9 saturated heterocycles. The van der Waals surface area contributed by atoms with Crippen molar-refractivity contribution >= 4 is 17.1 Å². The molecule has 108 heavy (non-hydrogen) atoms. The molecule has 12 fully saturated rings. The van der Waals surface area contributed by atoms with Gasteiger partial charge in [0.25, 0.3) is 0 Å². The summed E-state index contributed by atoms with van der Waals surface area (Å²) in [7, 11) is 0. The van der Waals surface area contributed by atoms with E-state index >= 15 is 0 Å². The minimum Gasteiger partial charge on any atom is -0.493 e. The first kappa shape index (κ1) is 72.5. The molecular formula is C90H103N3O15. The first-order valence-electron chi connectivity index (χ1n) is 39.6. The minimum absolute atomic E-state index is 0.0964. The Morgan fingerprint density at radius 1 is 0.231 bits per heavy atom. The Morgan fingerprint density at radius 2 is 0.435 bits per heavy atom. The first-order chi connectivity index (χ1) is 53.3. The van der Waals surface area contributed by atoms with Gasteiger partial charge in [-0.25, -0.2) is 0 Å². The van der Waals surface area contributed by atoms with Crippen LogP contribution in [0.25, 0.3) is 0 Å². The highest BCUT2D eigenvalue weighted by Gasteiger charge is 2.35. The van der Waals surface area contributed by atoms with E-state index < -0.39 is 0 Å². The lowest BCUT2D eigenvalue weighted by atomic mass is 9.85. The molecule has 18 nitrogen and oxygen atoms in total. The molecule has 0 aromatic heterocycles. The molecule has 568 valence electrons. The van der Waals surface area contributed by atoms with E-state index in [1.54, 1.807) is 0 Å². The zero-order valence-electron chi connectivity index (χ0n) is 62.0. The van der Waals surface area contributed by atoms with Crippen LogP contribution in [-0.2, 0) is 55.5 Å². The van der Waals surface area contributed by atoms with E-state index in [-0.39, 0.29) is 18.1 Å². The topological polar surface area (TPSA) is 178 Å². The summed E-state index contributed by atoms with van der Waals surface area (Å²) in [6.07, 6.45) is 13.0. The van der Waals surface area contributed by atoms with Crippen molar-refractivity contribution in [3.63, 3.8) is 0 Å². The fraction of sp³-hybridized carbons (Fsp3) is 0.467. The van der Waals surface area contributed by atoms with Crippen LogP contribution in [0.4, 0.5) is 17.1 Å². The monoisotopic (exact) mass is 1470 g/mol. The molecule has 0 spiro atoms. The number of rotatable bonds is 40. The maximum atomic E-state index is 5.96. The van der Waals surface area contributed by atoms with E-state index in [9.17, 15) is 0 Å². The predicted octanol–water partition coefficient (Wildman–Crippen LogP) is 13.6. The van der Waals surface area contributed by atoms with Crippen molar-refractivity contribution in [1.29, 1.82) is 0 Å². The van der Waals surface area contributed by atoms with E-state index in [0.29, 0.717) is 69.2 Å². The van der Waals surface area contributed by atoms with E-state index in [4.69, 9.17) is 71.1 Å². The zero-order chi connectivity index (χ0) is 72.2. The van der Waals surface area contributed by atoms with Gasteiger partial charge in [0.1, 0.15) is 85.3 Å². The largest absolute Gasteiger partial charge is 0.493 e. The van der Waals surface area contributed by atoms with Crippen molar-refractivity contribution in [3.05, 3.63) is 233 Å². The summed E-state index contributed by atoms with van der Waals surface area (Å²) >= 11 is 0. The van der Waals surface area contributed by atoms with Crippen LogP contribution < -0.4 is 43.1 Å². The van der Waals surface area contributed by atoms with Crippen LogP contribution >= 0.6 is 0 Å². The molecule has 8 aromatic rings. The van der Waals surface area contributed by atoms with Crippen molar-refractivity contribution in [3.8, 4) is 34.5 Å². The highest BCUT2D eigenvalue weighted by Crippen LogP contribution is 2.38. The third-order valence-corrected chi connectivity index (χ3v) is 21.1. The predicted molar refractivity (Wildman–Crippen MR) is 414 cm³/mol. The van der Waals surface area contributed by atoms with Crippen LogP contribution in [0.2, 0.25) is 0 Å². The lowest BCUT2D eigenvalue weighted by Crippen LogP contribution is -2.31. The molecule has 9 unspecified atom stereocenters. The van der Waals surface area contributed by atoms with Gasteiger partial charge in [-0.1, -0.05) is 84.9 Å². The van der Waals surface area contributed by atoms with Crippen LogP contribution in [0.5, 0.6) is 34.5 Å². The molecule has 3 aliphatic carbocycles. The maximum Gasteiger partial charge on any atom is 0.119 e.